The molecule has 0 nitrogen and oxygen atoms in total. The van der Waals surface area contributed by atoms with Crippen molar-refractivity contribution in [1.29, 1.82) is 0 Å². The molecule has 0 aromatic heterocycles. The zero-order valence-electron chi connectivity index (χ0n) is 9.71. The molecule has 15 heavy (non-hydrogen) atoms. The Morgan fingerprint density at radius 1 is 0.600 bits per heavy atom. The molecule has 0 saturated carbocycles. The van der Waals surface area contributed by atoms with Crippen molar-refractivity contribution in [2.75, 3.05) is 0 Å². The zero-order valence-corrected chi connectivity index (χ0v) is 9.71. The van der Waals surface area contributed by atoms with Gasteiger partial charge in [0.25, 0.3) is 0 Å². The lowest BCUT2D eigenvalue weighted by atomic mass is 9.71. The second-order valence-electron chi connectivity index (χ2n) is 4.11. The standard InChI is InChI=1S/C11H15BF3/c1-6-7(2)9(4)11(12(13,14)15)10(5)8(6)3/h1-5H3/q-1. The summed E-state index contributed by atoms with van der Waals surface area (Å²) in [6, 6.07) is 0. The summed E-state index contributed by atoms with van der Waals surface area (Å²) in [5, 5.41) is 0. The number of hydrogen-bond acceptors (Lipinski definition) is 0. The molecule has 1 aromatic carbocycles. The largest absolute Gasteiger partial charge is 0.510 e. The van der Waals surface area contributed by atoms with Crippen LogP contribution in [0.25, 0.3) is 0 Å². The number of rotatable bonds is 1. The van der Waals surface area contributed by atoms with Gasteiger partial charge in [-0.3, -0.25) is 0 Å². The van der Waals surface area contributed by atoms with Crippen molar-refractivity contribution in [3.63, 3.8) is 0 Å². The molecular formula is C11H15BF3-. The molecule has 0 radical (unpaired) electrons. The maximum absolute atomic E-state index is 12.9. The van der Waals surface area contributed by atoms with Gasteiger partial charge in [-0.1, -0.05) is 11.1 Å². The first-order valence-corrected chi connectivity index (χ1v) is 4.94. The van der Waals surface area contributed by atoms with E-state index in [2.05, 4.69) is 0 Å². The summed E-state index contributed by atoms with van der Waals surface area (Å²) in [5.41, 5.74) is 2.83. The van der Waals surface area contributed by atoms with Crippen molar-refractivity contribution in [2.24, 2.45) is 0 Å². The first kappa shape index (κ1) is 12.1. The van der Waals surface area contributed by atoms with Crippen LogP contribution in [0, 0.1) is 34.6 Å². The minimum atomic E-state index is -4.91. The fraction of sp³-hybridized carbons (Fsp3) is 0.455. The van der Waals surface area contributed by atoms with Crippen molar-refractivity contribution < 1.29 is 12.9 Å². The molecule has 0 spiro atoms. The van der Waals surface area contributed by atoms with Gasteiger partial charge in [-0.25, -0.2) is 0 Å². The van der Waals surface area contributed by atoms with E-state index in [1.54, 1.807) is 27.7 Å². The van der Waals surface area contributed by atoms with E-state index in [1.807, 2.05) is 6.92 Å². The van der Waals surface area contributed by atoms with E-state index in [1.165, 1.54) is 0 Å². The summed E-state index contributed by atoms with van der Waals surface area (Å²) in [7, 11) is 0. The van der Waals surface area contributed by atoms with E-state index in [4.69, 9.17) is 0 Å². The molecule has 0 amide bonds. The average Bonchev–Trinajstić information content (AvgIpc) is 2.09. The predicted molar refractivity (Wildman–Crippen MR) is 58.8 cm³/mol. The fourth-order valence-electron chi connectivity index (χ4n) is 2.02. The summed E-state index contributed by atoms with van der Waals surface area (Å²) in [5.74, 6) is 0. The summed E-state index contributed by atoms with van der Waals surface area (Å²) >= 11 is 0. The number of halogens is 3. The Labute approximate surface area is 88.6 Å². The van der Waals surface area contributed by atoms with Crippen LogP contribution >= 0.6 is 0 Å². The van der Waals surface area contributed by atoms with E-state index in [0.717, 1.165) is 16.7 Å². The average molecular weight is 215 g/mol. The van der Waals surface area contributed by atoms with Gasteiger partial charge in [-0.2, -0.15) is 0 Å². The van der Waals surface area contributed by atoms with Gasteiger partial charge in [0.2, 0.25) is 0 Å². The number of hydrogen-bond donors (Lipinski definition) is 0. The third kappa shape index (κ3) is 1.90. The van der Waals surface area contributed by atoms with Gasteiger partial charge in [0.15, 0.2) is 0 Å². The van der Waals surface area contributed by atoms with Gasteiger partial charge in [-0.15, -0.1) is 5.46 Å². The summed E-state index contributed by atoms with van der Waals surface area (Å²) < 4.78 is 38.6. The van der Waals surface area contributed by atoms with Crippen LogP contribution < -0.4 is 5.46 Å². The maximum Gasteiger partial charge on any atom is 0.510 e. The van der Waals surface area contributed by atoms with Crippen LogP contribution in [0.2, 0.25) is 0 Å². The lowest BCUT2D eigenvalue weighted by Crippen LogP contribution is -2.39. The van der Waals surface area contributed by atoms with E-state index in [-0.39, 0.29) is 0 Å². The quantitative estimate of drug-likeness (QED) is 0.630. The highest BCUT2D eigenvalue weighted by molar-refractivity contribution is 6.74. The molecule has 1 rings (SSSR count). The Morgan fingerprint density at radius 2 is 0.867 bits per heavy atom. The third-order valence-electron chi connectivity index (χ3n) is 3.39. The van der Waals surface area contributed by atoms with Crippen molar-refractivity contribution in [1.82, 2.24) is 0 Å². The van der Waals surface area contributed by atoms with Gasteiger partial charge in [0.05, 0.1) is 0 Å². The van der Waals surface area contributed by atoms with Gasteiger partial charge in [0, 0.05) is 0 Å². The molecule has 4 heteroatoms. The summed E-state index contributed by atoms with van der Waals surface area (Å²) in [4.78, 5) is 0. The molecule has 0 heterocycles. The normalized spacial score (nSPS) is 12.0. The van der Waals surface area contributed by atoms with Crippen molar-refractivity contribution in [2.45, 2.75) is 34.6 Å². The van der Waals surface area contributed by atoms with Gasteiger partial charge in [-0.05, 0) is 51.3 Å². The highest BCUT2D eigenvalue weighted by Crippen LogP contribution is 2.23. The lowest BCUT2D eigenvalue weighted by Gasteiger charge is -2.25. The van der Waals surface area contributed by atoms with E-state index in [9.17, 15) is 12.9 Å². The maximum atomic E-state index is 12.9. The van der Waals surface area contributed by atoms with E-state index < -0.39 is 12.4 Å². The van der Waals surface area contributed by atoms with Gasteiger partial charge in [0.1, 0.15) is 0 Å². The van der Waals surface area contributed by atoms with Gasteiger partial charge < -0.3 is 12.9 Å². The van der Waals surface area contributed by atoms with Crippen molar-refractivity contribution >= 4 is 12.4 Å². The molecule has 0 atom stereocenters. The Hall–Kier alpha value is -0.925. The zero-order chi connectivity index (χ0) is 12.0. The first-order chi connectivity index (χ1) is 6.68. The third-order valence-corrected chi connectivity index (χ3v) is 3.39. The van der Waals surface area contributed by atoms with E-state index in [0.29, 0.717) is 11.1 Å². The summed E-state index contributed by atoms with van der Waals surface area (Å²) in [6.07, 6.45) is 0. The molecule has 0 bridgehead atoms. The molecular weight excluding hydrogens is 200 g/mol. The van der Waals surface area contributed by atoms with Crippen LogP contribution in [0.3, 0.4) is 0 Å². The molecule has 84 valence electrons. The molecule has 0 fully saturated rings. The van der Waals surface area contributed by atoms with Crippen LogP contribution in [-0.4, -0.2) is 6.98 Å². The van der Waals surface area contributed by atoms with Crippen LogP contribution in [0.4, 0.5) is 12.9 Å². The molecule has 0 aliphatic rings. The second-order valence-corrected chi connectivity index (χ2v) is 4.11. The molecule has 1 aromatic rings. The van der Waals surface area contributed by atoms with Crippen molar-refractivity contribution in [3.8, 4) is 0 Å². The Bertz CT molecular complexity index is 376. The van der Waals surface area contributed by atoms with Crippen LogP contribution in [0.15, 0.2) is 0 Å². The molecule has 0 N–H and O–H groups in total. The molecule has 0 unspecified atom stereocenters. The highest BCUT2D eigenvalue weighted by Gasteiger charge is 2.30. The van der Waals surface area contributed by atoms with E-state index >= 15 is 0 Å². The second kappa shape index (κ2) is 3.58. The van der Waals surface area contributed by atoms with Gasteiger partial charge >= 0.3 is 6.98 Å². The highest BCUT2D eigenvalue weighted by atomic mass is 19.4. The van der Waals surface area contributed by atoms with Crippen LogP contribution in [0.1, 0.15) is 27.8 Å². The lowest BCUT2D eigenvalue weighted by molar-refractivity contribution is 0.500. The first-order valence-electron chi connectivity index (χ1n) is 4.94. The number of benzene rings is 1. The molecule has 0 aliphatic heterocycles. The SMILES string of the molecule is Cc1c(C)c(C)c([B-](F)(F)F)c(C)c1C. The minimum Gasteiger partial charge on any atom is -0.445 e. The summed E-state index contributed by atoms with van der Waals surface area (Å²) in [6.45, 7) is 3.58. The minimum absolute atomic E-state index is 0.378. The monoisotopic (exact) mass is 215 g/mol. The van der Waals surface area contributed by atoms with Crippen LogP contribution in [0.5, 0.6) is 0 Å². The smallest absolute Gasteiger partial charge is 0.445 e. The fourth-order valence-corrected chi connectivity index (χ4v) is 2.02. The topological polar surface area (TPSA) is 0 Å². The molecule has 0 aliphatic carbocycles. The molecule has 0 saturated heterocycles. The predicted octanol–water partition coefficient (Wildman–Crippen LogP) is 3.28. The Morgan fingerprint density at radius 3 is 1.13 bits per heavy atom. The van der Waals surface area contributed by atoms with Crippen LogP contribution in [-0.2, 0) is 0 Å². The Kier molecular flexibility index (Phi) is 2.90. The van der Waals surface area contributed by atoms with Crippen molar-refractivity contribution in [3.05, 3.63) is 27.8 Å². The Balaban J connectivity index is 3.68.